The first-order chi connectivity index (χ1) is 9.16. The molecule has 1 aliphatic rings. The summed E-state index contributed by atoms with van der Waals surface area (Å²) in [7, 11) is 0. The summed E-state index contributed by atoms with van der Waals surface area (Å²) < 4.78 is 5.74. The zero-order valence-corrected chi connectivity index (χ0v) is 11.8. The van der Waals surface area contributed by atoms with Crippen molar-refractivity contribution < 1.29 is 9.53 Å². The van der Waals surface area contributed by atoms with E-state index in [1.54, 1.807) is 12.4 Å². The molecule has 0 spiro atoms. The number of hydrogen-bond donors (Lipinski definition) is 1. The Labute approximate surface area is 114 Å². The molecule has 2 rings (SSSR count). The Bertz CT molecular complexity index is 389. The van der Waals surface area contributed by atoms with E-state index in [0.29, 0.717) is 25.3 Å². The molecule has 1 amide bonds. The summed E-state index contributed by atoms with van der Waals surface area (Å²) in [5.74, 6) is 0.776. The van der Waals surface area contributed by atoms with Gasteiger partial charge in [-0.25, -0.2) is 0 Å². The fourth-order valence-electron chi connectivity index (χ4n) is 2.38. The summed E-state index contributed by atoms with van der Waals surface area (Å²) in [6, 6.07) is 0. The second-order valence-electron chi connectivity index (χ2n) is 5.56. The van der Waals surface area contributed by atoms with Crippen LogP contribution in [0.5, 0.6) is 0 Å². The molecule has 1 atom stereocenters. The Morgan fingerprint density at radius 2 is 2.47 bits per heavy atom. The number of carbonyl (C=O) groups is 1. The molecule has 1 aromatic rings. The van der Waals surface area contributed by atoms with E-state index in [2.05, 4.69) is 24.0 Å². The van der Waals surface area contributed by atoms with Crippen molar-refractivity contribution in [3.63, 3.8) is 0 Å². The molecule has 5 nitrogen and oxygen atoms in total. The molecule has 0 radical (unpaired) electrons. The van der Waals surface area contributed by atoms with Crippen LogP contribution < -0.4 is 0 Å². The highest BCUT2D eigenvalue weighted by Gasteiger charge is 2.25. The first-order valence-electron chi connectivity index (χ1n) is 7.06. The van der Waals surface area contributed by atoms with Gasteiger partial charge in [0.05, 0.1) is 24.5 Å². The maximum absolute atomic E-state index is 12.2. The summed E-state index contributed by atoms with van der Waals surface area (Å²) >= 11 is 0. The number of amides is 1. The van der Waals surface area contributed by atoms with E-state index in [1.165, 1.54) is 6.42 Å². The first kappa shape index (κ1) is 14.1. The predicted octanol–water partition coefficient (Wildman–Crippen LogP) is 2.08. The lowest BCUT2D eigenvalue weighted by molar-refractivity contribution is -0.0260. The third-order valence-electron chi connectivity index (χ3n) is 3.48. The minimum Gasteiger partial charge on any atom is -0.375 e. The average molecular weight is 265 g/mol. The van der Waals surface area contributed by atoms with Crippen LogP contribution in [0, 0.1) is 5.92 Å². The van der Waals surface area contributed by atoms with E-state index in [4.69, 9.17) is 4.74 Å². The molecule has 1 N–H and O–H groups in total. The van der Waals surface area contributed by atoms with Crippen LogP contribution in [-0.4, -0.2) is 46.8 Å². The van der Waals surface area contributed by atoms with Gasteiger partial charge in [-0.05, 0) is 12.3 Å². The molecule has 1 aromatic heterocycles. The number of nitrogens with one attached hydrogen (secondary N) is 1. The number of hydrogen-bond acceptors (Lipinski definition) is 3. The van der Waals surface area contributed by atoms with E-state index in [-0.39, 0.29) is 12.0 Å². The van der Waals surface area contributed by atoms with Crippen molar-refractivity contribution in [2.45, 2.75) is 39.2 Å². The van der Waals surface area contributed by atoms with Crippen LogP contribution in [0.15, 0.2) is 12.4 Å². The lowest BCUT2D eigenvalue weighted by Crippen LogP contribution is -2.45. The molecule has 0 aromatic carbocycles. The number of aromatic amines is 1. The maximum atomic E-state index is 12.2. The predicted molar refractivity (Wildman–Crippen MR) is 72.9 cm³/mol. The third-order valence-corrected chi connectivity index (χ3v) is 3.48. The fraction of sp³-hybridized carbons (Fsp3) is 0.714. The number of H-pyrrole nitrogens is 1. The third kappa shape index (κ3) is 4.06. The highest BCUT2D eigenvalue weighted by molar-refractivity contribution is 5.93. The molecular weight excluding hydrogens is 242 g/mol. The molecule has 19 heavy (non-hydrogen) atoms. The second-order valence-corrected chi connectivity index (χ2v) is 5.56. The maximum Gasteiger partial charge on any atom is 0.257 e. The number of rotatable bonds is 5. The van der Waals surface area contributed by atoms with Crippen LogP contribution in [0.25, 0.3) is 0 Å². The van der Waals surface area contributed by atoms with Gasteiger partial charge in [-0.3, -0.25) is 9.89 Å². The number of nitrogens with zero attached hydrogens (tertiary/aromatic N) is 2. The van der Waals surface area contributed by atoms with Gasteiger partial charge in [0.1, 0.15) is 0 Å². The molecule has 106 valence electrons. The summed E-state index contributed by atoms with van der Waals surface area (Å²) in [6.07, 6.45) is 6.82. The zero-order valence-electron chi connectivity index (χ0n) is 11.8. The largest absolute Gasteiger partial charge is 0.375 e. The van der Waals surface area contributed by atoms with E-state index < -0.39 is 0 Å². The Balaban J connectivity index is 1.82. The van der Waals surface area contributed by atoms with Crippen molar-refractivity contribution in [1.29, 1.82) is 0 Å². The molecule has 0 aliphatic carbocycles. The molecule has 5 heteroatoms. The topological polar surface area (TPSA) is 58.2 Å². The number of ether oxygens (including phenoxy) is 1. The molecular formula is C14H23N3O2. The molecule has 1 saturated heterocycles. The Hall–Kier alpha value is -1.36. The highest BCUT2D eigenvalue weighted by Crippen LogP contribution is 2.16. The van der Waals surface area contributed by atoms with Gasteiger partial charge in [0.2, 0.25) is 0 Å². The molecule has 2 heterocycles. The Kier molecular flexibility index (Phi) is 4.96. The number of carbonyl (C=O) groups excluding carboxylic acids is 1. The highest BCUT2D eigenvalue weighted by atomic mass is 16.5. The van der Waals surface area contributed by atoms with Crippen LogP contribution in [0.4, 0.5) is 0 Å². The Morgan fingerprint density at radius 1 is 1.63 bits per heavy atom. The lowest BCUT2D eigenvalue weighted by atomic mass is 10.0. The average Bonchev–Trinajstić information content (AvgIpc) is 2.91. The van der Waals surface area contributed by atoms with Gasteiger partial charge in [0.25, 0.3) is 5.91 Å². The fourth-order valence-corrected chi connectivity index (χ4v) is 2.38. The molecule has 1 fully saturated rings. The van der Waals surface area contributed by atoms with Gasteiger partial charge in [-0.1, -0.05) is 26.7 Å². The molecule has 0 bridgehead atoms. The van der Waals surface area contributed by atoms with E-state index >= 15 is 0 Å². The number of aromatic nitrogens is 2. The van der Waals surface area contributed by atoms with Gasteiger partial charge < -0.3 is 9.64 Å². The van der Waals surface area contributed by atoms with Gasteiger partial charge in [-0.2, -0.15) is 5.10 Å². The minimum absolute atomic E-state index is 0.0471. The SMILES string of the molecule is CC(C)CCCC1CN(C(=O)c2cn[nH]c2)CCO1. The molecule has 1 unspecified atom stereocenters. The van der Waals surface area contributed by atoms with E-state index in [9.17, 15) is 4.79 Å². The second kappa shape index (κ2) is 6.70. The quantitative estimate of drug-likeness (QED) is 0.886. The van der Waals surface area contributed by atoms with Crippen LogP contribution in [0.1, 0.15) is 43.5 Å². The standard InChI is InChI=1S/C14H23N3O2/c1-11(2)4-3-5-13-10-17(6-7-19-13)14(18)12-8-15-16-9-12/h8-9,11,13H,3-7,10H2,1-2H3,(H,15,16). The van der Waals surface area contributed by atoms with Crippen molar-refractivity contribution in [2.75, 3.05) is 19.7 Å². The summed E-state index contributed by atoms with van der Waals surface area (Å²) in [5, 5.41) is 6.50. The minimum atomic E-state index is 0.0471. The van der Waals surface area contributed by atoms with Gasteiger partial charge in [-0.15, -0.1) is 0 Å². The van der Waals surface area contributed by atoms with Gasteiger partial charge in [0, 0.05) is 19.3 Å². The van der Waals surface area contributed by atoms with Crippen LogP contribution in [0.3, 0.4) is 0 Å². The lowest BCUT2D eigenvalue weighted by Gasteiger charge is -2.33. The van der Waals surface area contributed by atoms with Crippen molar-refractivity contribution in [1.82, 2.24) is 15.1 Å². The normalized spacial score (nSPS) is 19.9. The van der Waals surface area contributed by atoms with Crippen molar-refractivity contribution >= 4 is 5.91 Å². The van der Waals surface area contributed by atoms with Crippen LogP contribution >= 0.6 is 0 Å². The number of morpholine rings is 1. The summed E-state index contributed by atoms with van der Waals surface area (Å²) in [4.78, 5) is 14.1. The van der Waals surface area contributed by atoms with E-state index in [1.807, 2.05) is 4.90 Å². The van der Waals surface area contributed by atoms with E-state index in [0.717, 1.165) is 18.8 Å². The zero-order chi connectivity index (χ0) is 13.7. The Morgan fingerprint density at radius 3 is 3.16 bits per heavy atom. The first-order valence-corrected chi connectivity index (χ1v) is 7.06. The monoisotopic (exact) mass is 265 g/mol. The van der Waals surface area contributed by atoms with Gasteiger partial charge >= 0.3 is 0 Å². The van der Waals surface area contributed by atoms with Crippen molar-refractivity contribution in [3.05, 3.63) is 18.0 Å². The van der Waals surface area contributed by atoms with Gasteiger partial charge in [0.15, 0.2) is 0 Å². The molecule has 1 aliphatic heterocycles. The van der Waals surface area contributed by atoms with Crippen LogP contribution in [-0.2, 0) is 4.74 Å². The smallest absolute Gasteiger partial charge is 0.257 e. The summed E-state index contributed by atoms with van der Waals surface area (Å²) in [6.45, 7) is 6.47. The van der Waals surface area contributed by atoms with Crippen molar-refractivity contribution in [3.8, 4) is 0 Å². The molecule has 0 saturated carbocycles. The van der Waals surface area contributed by atoms with Crippen LogP contribution in [0.2, 0.25) is 0 Å². The summed E-state index contributed by atoms with van der Waals surface area (Å²) in [5.41, 5.74) is 0.628. The van der Waals surface area contributed by atoms with Crippen molar-refractivity contribution in [2.24, 2.45) is 5.92 Å².